The maximum absolute atomic E-state index is 13.1. The van der Waals surface area contributed by atoms with Gasteiger partial charge in [0.1, 0.15) is 24.0 Å². The van der Waals surface area contributed by atoms with Crippen molar-refractivity contribution in [1.29, 1.82) is 0 Å². The number of fused-ring (bicyclic) bond motifs is 2. The number of nitrogens with zero attached hydrogens (tertiary/aromatic N) is 1. The Morgan fingerprint density at radius 2 is 2.07 bits per heavy atom. The molecular weight excluding hydrogens is 450 g/mol. The first-order chi connectivity index (χ1) is 14.5. The van der Waals surface area contributed by atoms with E-state index in [0.717, 1.165) is 46.4 Å². The molecule has 30 heavy (non-hydrogen) atoms. The molecule has 0 radical (unpaired) electrons. The van der Waals surface area contributed by atoms with E-state index in [9.17, 15) is 4.79 Å². The molecule has 6 nitrogen and oxygen atoms in total. The van der Waals surface area contributed by atoms with Gasteiger partial charge in [-0.3, -0.25) is 9.69 Å². The molecule has 7 heteroatoms. The first-order valence-corrected chi connectivity index (χ1v) is 10.6. The fourth-order valence-corrected chi connectivity index (χ4v) is 4.21. The Morgan fingerprint density at radius 1 is 1.23 bits per heavy atom. The predicted molar refractivity (Wildman–Crippen MR) is 117 cm³/mol. The zero-order valence-electron chi connectivity index (χ0n) is 17.3. The number of allylic oxidation sites excluding steroid dienone is 1. The zero-order valence-corrected chi connectivity index (χ0v) is 18.9. The molecule has 0 atom stereocenters. The first-order valence-electron chi connectivity index (χ1n) is 9.80. The number of carbonyl (C=O) groups is 1. The molecule has 0 aromatic heterocycles. The normalized spacial score (nSPS) is 16.8. The summed E-state index contributed by atoms with van der Waals surface area (Å²) in [7, 11) is 3.31. The van der Waals surface area contributed by atoms with Crippen LogP contribution in [0.5, 0.6) is 17.2 Å². The summed E-state index contributed by atoms with van der Waals surface area (Å²) in [6, 6.07) is 7.53. The Labute approximate surface area is 184 Å². The third-order valence-corrected chi connectivity index (χ3v) is 5.80. The standard InChI is InChI=1S/C23H24BrNO5/c1-14-22-16(12-25(13-29-22)7-4-8-27-2)10-18-21(26)20(30-23(14)18)11-15-9-17(24)5-6-19(15)28-3/h5-6,9-11H,4,7-8,12-13H2,1-3H3/b20-11-. The van der Waals surface area contributed by atoms with E-state index < -0.39 is 0 Å². The van der Waals surface area contributed by atoms with Gasteiger partial charge in [-0.05, 0) is 43.7 Å². The largest absolute Gasteiger partial charge is 0.496 e. The van der Waals surface area contributed by atoms with Crippen LogP contribution in [-0.2, 0) is 11.3 Å². The molecule has 0 spiro atoms. The number of rotatable bonds is 6. The van der Waals surface area contributed by atoms with Crippen LogP contribution in [0, 0.1) is 6.92 Å². The highest BCUT2D eigenvalue weighted by Crippen LogP contribution is 2.43. The van der Waals surface area contributed by atoms with Crippen molar-refractivity contribution in [3.63, 3.8) is 0 Å². The molecule has 0 aliphatic carbocycles. The van der Waals surface area contributed by atoms with Gasteiger partial charge in [0.05, 0.1) is 12.7 Å². The molecule has 0 unspecified atom stereocenters. The van der Waals surface area contributed by atoms with Crippen LogP contribution < -0.4 is 14.2 Å². The van der Waals surface area contributed by atoms with Crippen molar-refractivity contribution >= 4 is 27.8 Å². The van der Waals surface area contributed by atoms with Gasteiger partial charge in [-0.25, -0.2) is 0 Å². The Hall–Kier alpha value is -2.35. The van der Waals surface area contributed by atoms with Gasteiger partial charge in [-0.2, -0.15) is 0 Å². The number of halogens is 1. The molecule has 158 valence electrons. The summed E-state index contributed by atoms with van der Waals surface area (Å²) in [6.45, 7) is 4.78. The van der Waals surface area contributed by atoms with Gasteiger partial charge in [0.25, 0.3) is 0 Å². The summed E-state index contributed by atoms with van der Waals surface area (Å²) in [5.41, 5.74) is 3.21. The van der Waals surface area contributed by atoms with Crippen LogP contribution in [0.2, 0.25) is 0 Å². The number of methoxy groups -OCH3 is 2. The highest BCUT2D eigenvalue weighted by molar-refractivity contribution is 9.10. The number of carbonyl (C=O) groups excluding carboxylic acids is 1. The number of ether oxygens (including phenoxy) is 4. The van der Waals surface area contributed by atoms with Gasteiger partial charge < -0.3 is 18.9 Å². The number of Topliss-reactive ketones (excluding diaryl/α,β-unsaturated/α-hetero) is 1. The lowest BCUT2D eigenvalue weighted by atomic mass is 10.00. The van der Waals surface area contributed by atoms with E-state index in [1.165, 1.54) is 0 Å². The van der Waals surface area contributed by atoms with E-state index in [2.05, 4.69) is 20.8 Å². The van der Waals surface area contributed by atoms with Crippen molar-refractivity contribution in [3.8, 4) is 17.2 Å². The molecule has 2 aliphatic rings. The highest BCUT2D eigenvalue weighted by Gasteiger charge is 2.33. The molecule has 2 heterocycles. The van der Waals surface area contributed by atoms with E-state index in [4.69, 9.17) is 18.9 Å². The minimum atomic E-state index is -0.130. The SMILES string of the molecule is COCCCN1COc2c(cc3c(c2C)O/C(=C\c2cc(Br)ccc2OC)C3=O)C1. The summed E-state index contributed by atoms with van der Waals surface area (Å²) in [4.78, 5) is 15.3. The van der Waals surface area contributed by atoms with Crippen LogP contribution in [0.25, 0.3) is 6.08 Å². The van der Waals surface area contributed by atoms with Crippen LogP contribution in [0.1, 0.15) is 33.5 Å². The van der Waals surface area contributed by atoms with Crippen LogP contribution in [0.15, 0.2) is 34.5 Å². The molecule has 2 aromatic carbocycles. The molecule has 0 amide bonds. The molecule has 0 bridgehead atoms. The van der Waals surface area contributed by atoms with Gasteiger partial charge in [-0.1, -0.05) is 15.9 Å². The Morgan fingerprint density at radius 3 is 2.83 bits per heavy atom. The van der Waals surface area contributed by atoms with E-state index in [-0.39, 0.29) is 11.5 Å². The van der Waals surface area contributed by atoms with Crippen molar-refractivity contribution < 1.29 is 23.7 Å². The molecule has 0 saturated carbocycles. The zero-order chi connectivity index (χ0) is 21.3. The second kappa shape index (κ2) is 8.79. The summed E-state index contributed by atoms with van der Waals surface area (Å²) < 4.78 is 23.5. The van der Waals surface area contributed by atoms with Crippen LogP contribution >= 0.6 is 15.9 Å². The van der Waals surface area contributed by atoms with Gasteiger partial charge in [0, 0.05) is 48.0 Å². The molecule has 0 saturated heterocycles. The van der Waals surface area contributed by atoms with E-state index >= 15 is 0 Å². The fraction of sp³-hybridized carbons (Fsp3) is 0.348. The van der Waals surface area contributed by atoms with Crippen molar-refractivity contribution in [2.24, 2.45) is 0 Å². The Bertz CT molecular complexity index is 1020. The quantitative estimate of drug-likeness (QED) is 0.452. The van der Waals surface area contributed by atoms with E-state index in [1.807, 2.05) is 31.2 Å². The number of hydrogen-bond donors (Lipinski definition) is 0. The lowest BCUT2D eigenvalue weighted by Gasteiger charge is -2.30. The smallest absolute Gasteiger partial charge is 0.231 e. The van der Waals surface area contributed by atoms with Crippen molar-refractivity contribution in [3.05, 3.63) is 56.8 Å². The Kier molecular flexibility index (Phi) is 6.13. The van der Waals surface area contributed by atoms with Gasteiger partial charge in [0.15, 0.2) is 5.76 Å². The molecule has 2 aliphatic heterocycles. The lowest BCUT2D eigenvalue weighted by molar-refractivity contribution is 0.0826. The summed E-state index contributed by atoms with van der Waals surface area (Å²) in [5.74, 6) is 2.21. The van der Waals surface area contributed by atoms with Gasteiger partial charge in [0.2, 0.25) is 5.78 Å². The van der Waals surface area contributed by atoms with Crippen LogP contribution in [-0.4, -0.2) is 44.8 Å². The minimum Gasteiger partial charge on any atom is -0.496 e. The van der Waals surface area contributed by atoms with E-state index in [0.29, 0.717) is 30.4 Å². The fourth-order valence-electron chi connectivity index (χ4n) is 3.83. The van der Waals surface area contributed by atoms with Crippen molar-refractivity contribution in [1.82, 2.24) is 4.90 Å². The number of ketones is 1. The number of benzene rings is 2. The topological polar surface area (TPSA) is 57.2 Å². The van der Waals surface area contributed by atoms with Gasteiger partial charge in [-0.15, -0.1) is 0 Å². The molecule has 2 aromatic rings. The summed E-state index contributed by atoms with van der Waals surface area (Å²) >= 11 is 3.46. The van der Waals surface area contributed by atoms with Crippen molar-refractivity contribution in [2.75, 3.05) is 34.1 Å². The third-order valence-electron chi connectivity index (χ3n) is 5.30. The van der Waals surface area contributed by atoms with Crippen LogP contribution in [0.3, 0.4) is 0 Å². The number of hydrogen-bond acceptors (Lipinski definition) is 6. The highest BCUT2D eigenvalue weighted by atomic mass is 79.9. The monoisotopic (exact) mass is 473 g/mol. The first kappa shape index (κ1) is 20.9. The molecular formula is C23H24BrNO5. The minimum absolute atomic E-state index is 0.130. The Balaban J connectivity index is 1.63. The average Bonchev–Trinajstić information content (AvgIpc) is 3.04. The molecule has 4 rings (SSSR count). The average molecular weight is 474 g/mol. The maximum Gasteiger partial charge on any atom is 0.231 e. The summed E-state index contributed by atoms with van der Waals surface area (Å²) in [6.07, 6.45) is 2.66. The lowest BCUT2D eigenvalue weighted by Crippen LogP contribution is -2.33. The molecule has 0 fully saturated rings. The second-order valence-corrected chi connectivity index (χ2v) is 8.28. The van der Waals surface area contributed by atoms with Crippen LogP contribution in [0.4, 0.5) is 0 Å². The predicted octanol–water partition coefficient (Wildman–Crippen LogP) is 4.57. The molecule has 0 N–H and O–H groups in total. The second-order valence-electron chi connectivity index (χ2n) is 7.36. The maximum atomic E-state index is 13.1. The van der Waals surface area contributed by atoms with Gasteiger partial charge >= 0.3 is 0 Å². The van der Waals surface area contributed by atoms with E-state index in [1.54, 1.807) is 20.3 Å². The van der Waals surface area contributed by atoms with Crippen molar-refractivity contribution in [2.45, 2.75) is 19.9 Å². The third kappa shape index (κ3) is 3.97. The summed E-state index contributed by atoms with van der Waals surface area (Å²) in [5, 5.41) is 0.